The highest BCUT2D eigenvalue weighted by Crippen LogP contribution is 2.08. The number of hydrogen-bond acceptors (Lipinski definition) is 2. The molecule has 0 aromatic rings. The van der Waals surface area contributed by atoms with Gasteiger partial charge in [-0.05, 0) is 5.92 Å². The maximum atomic E-state index is 5.47. The van der Waals surface area contributed by atoms with Crippen LogP contribution in [0.3, 0.4) is 0 Å². The summed E-state index contributed by atoms with van der Waals surface area (Å²) in [5.74, 6) is 0.588. The molecule has 11 heavy (non-hydrogen) atoms. The molecular weight excluding hydrogens is 140 g/mol. The zero-order valence-electron chi connectivity index (χ0n) is 7.25. The van der Waals surface area contributed by atoms with Gasteiger partial charge >= 0.3 is 0 Å². The van der Waals surface area contributed by atoms with Gasteiger partial charge in [0.05, 0.1) is 13.2 Å². The Balaban J connectivity index is 2.11. The molecule has 64 valence electrons. The second kappa shape index (κ2) is 4.52. The van der Waals surface area contributed by atoms with Crippen molar-refractivity contribution in [3.05, 3.63) is 12.2 Å². The molecule has 0 amide bonds. The van der Waals surface area contributed by atoms with Gasteiger partial charge in [-0.2, -0.15) is 0 Å². The lowest BCUT2D eigenvalue weighted by Crippen LogP contribution is -2.21. The van der Waals surface area contributed by atoms with Crippen molar-refractivity contribution >= 4 is 0 Å². The Kier molecular flexibility index (Phi) is 3.60. The second-order valence-corrected chi connectivity index (χ2v) is 3.20. The summed E-state index contributed by atoms with van der Waals surface area (Å²) in [6, 6.07) is 0. The second-order valence-electron chi connectivity index (χ2n) is 3.20. The maximum Gasteiger partial charge on any atom is 0.161 e. The molecule has 1 heterocycles. The molecule has 0 bridgehead atoms. The molecule has 0 aromatic carbocycles. The quantitative estimate of drug-likeness (QED) is 0.581. The fraction of sp³-hybridized carbons (Fsp3) is 0.778. The van der Waals surface area contributed by atoms with Crippen LogP contribution in [0.4, 0.5) is 0 Å². The summed E-state index contributed by atoms with van der Waals surface area (Å²) in [5.41, 5.74) is 0. The minimum absolute atomic E-state index is 0.00222. The molecule has 1 aliphatic rings. The summed E-state index contributed by atoms with van der Waals surface area (Å²) in [6.45, 7) is 5.76. The van der Waals surface area contributed by atoms with E-state index in [0.29, 0.717) is 12.5 Å². The van der Waals surface area contributed by atoms with Crippen LogP contribution in [0.25, 0.3) is 0 Å². The Morgan fingerprint density at radius 3 is 2.91 bits per heavy atom. The topological polar surface area (TPSA) is 18.5 Å². The zero-order chi connectivity index (χ0) is 8.10. The predicted octanol–water partition coefficient (Wildman–Crippen LogP) is 1.96. The first kappa shape index (κ1) is 8.75. The van der Waals surface area contributed by atoms with Crippen LogP contribution in [0.15, 0.2) is 12.2 Å². The highest BCUT2D eigenvalue weighted by atomic mass is 16.7. The third kappa shape index (κ3) is 3.54. The summed E-state index contributed by atoms with van der Waals surface area (Å²) in [5, 5.41) is 0. The summed E-state index contributed by atoms with van der Waals surface area (Å²) in [6.07, 6.45) is 5.03. The maximum absolute atomic E-state index is 5.47. The Labute approximate surface area is 68.2 Å². The predicted molar refractivity (Wildman–Crippen MR) is 44.3 cm³/mol. The summed E-state index contributed by atoms with van der Waals surface area (Å²) in [7, 11) is 0. The van der Waals surface area contributed by atoms with Crippen LogP contribution in [0, 0.1) is 5.92 Å². The van der Waals surface area contributed by atoms with E-state index in [1.54, 1.807) is 0 Å². The fourth-order valence-electron chi connectivity index (χ4n) is 0.922. The van der Waals surface area contributed by atoms with Gasteiger partial charge < -0.3 is 9.47 Å². The molecule has 1 atom stereocenters. The third-order valence-corrected chi connectivity index (χ3v) is 1.49. The van der Waals surface area contributed by atoms with Crippen molar-refractivity contribution in [3.8, 4) is 0 Å². The lowest BCUT2D eigenvalue weighted by Gasteiger charge is -2.20. The molecule has 2 nitrogen and oxygen atoms in total. The first-order valence-electron chi connectivity index (χ1n) is 4.17. The van der Waals surface area contributed by atoms with Gasteiger partial charge in [0.25, 0.3) is 0 Å². The fourth-order valence-corrected chi connectivity index (χ4v) is 0.922. The van der Waals surface area contributed by atoms with Gasteiger partial charge in [0, 0.05) is 6.42 Å². The number of ether oxygens (including phenoxy) is 2. The van der Waals surface area contributed by atoms with Crippen LogP contribution in [0.5, 0.6) is 0 Å². The average molecular weight is 156 g/mol. The molecular formula is C9H16O2. The van der Waals surface area contributed by atoms with Crippen molar-refractivity contribution in [2.45, 2.75) is 26.6 Å². The van der Waals surface area contributed by atoms with E-state index in [4.69, 9.17) is 9.47 Å². The zero-order valence-corrected chi connectivity index (χ0v) is 7.25. The van der Waals surface area contributed by atoms with Crippen molar-refractivity contribution in [1.82, 2.24) is 0 Å². The lowest BCUT2D eigenvalue weighted by atomic mass is 10.2. The van der Waals surface area contributed by atoms with E-state index < -0.39 is 0 Å². The van der Waals surface area contributed by atoms with Crippen LogP contribution in [-0.2, 0) is 9.47 Å². The molecule has 2 heteroatoms. The standard InChI is InChI=1S/C9H16O2/c1-8(2)7-11-9-5-3-4-6-10-9/h3-4,8-9H,5-7H2,1-2H3. The summed E-state index contributed by atoms with van der Waals surface area (Å²) >= 11 is 0. The van der Waals surface area contributed by atoms with Gasteiger partial charge in [-0.1, -0.05) is 26.0 Å². The molecule has 0 radical (unpaired) electrons. The van der Waals surface area contributed by atoms with Gasteiger partial charge in [0.2, 0.25) is 0 Å². The summed E-state index contributed by atoms with van der Waals surface area (Å²) < 4.78 is 10.8. The van der Waals surface area contributed by atoms with E-state index in [0.717, 1.165) is 13.0 Å². The van der Waals surface area contributed by atoms with Gasteiger partial charge in [0.15, 0.2) is 6.29 Å². The molecule has 0 aliphatic carbocycles. The Morgan fingerprint density at radius 1 is 1.55 bits per heavy atom. The van der Waals surface area contributed by atoms with Gasteiger partial charge in [0.1, 0.15) is 0 Å². The average Bonchev–Trinajstić information content (AvgIpc) is 2.03. The van der Waals surface area contributed by atoms with E-state index in [-0.39, 0.29) is 6.29 Å². The molecule has 1 rings (SSSR count). The highest BCUT2D eigenvalue weighted by Gasteiger charge is 2.10. The smallest absolute Gasteiger partial charge is 0.161 e. The largest absolute Gasteiger partial charge is 0.352 e. The first-order valence-corrected chi connectivity index (χ1v) is 4.17. The van der Waals surface area contributed by atoms with Gasteiger partial charge in [-0.25, -0.2) is 0 Å². The molecule has 0 saturated carbocycles. The molecule has 1 unspecified atom stereocenters. The van der Waals surface area contributed by atoms with Crippen molar-refractivity contribution in [2.75, 3.05) is 13.2 Å². The van der Waals surface area contributed by atoms with Crippen LogP contribution in [0.2, 0.25) is 0 Å². The van der Waals surface area contributed by atoms with Gasteiger partial charge in [-0.15, -0.1) is 0 Å². The minimum atomic E-state index is 0.00222. The Bertz CT molecular complexity index is 130. The molecule has 0 saturated heterocycles. The number of hydrogen-bond donors (Lipinski definition) is 0. The monoisotopic (exact) mass is 156 g/mol. The van der Waals surface area contributed by atoms with Crippen LogP contribution < -0.4 is 0 Å². The first-order chi connectivity index (χ1) is 5.29. The SMILES string of the molecule is CC(C)COC1CC=CCO1. The molecule has 0 N–H and O–H groups in total. The lowest BCUT2D eigenvalue weighted by molar-refractivity contribution is -0.142. The van der Waals surface area contributed by atoms with Crippen LogP contribution in [0.1, 0.15) is 20.3 Å². The Hall–Kier alpha value is -0.340. The molecule has 1 aliphatic heterocycles. The van der Waals surface area contributed by atoms with E-state index in [1.165, 1.54) is 0 Å². The normalized spacial score (nSPS) is 24.5. The van der Waals surface area contributed by atoms with E-state index in [1.807, 2.05) is 6.08 Å². The van der Waals surface area contributed by atoms with E-state index in [2.05, 4.69) is 19.9 Å². The van der Waals surface area contributed by atoms with Crippen LogP contribution in [-0.4, -0.2) is 19.5 Å². The van der Waals surface area contributed by atoms with Crippen molar-refractivity contribution < 1.29 is 9.47 Å². The number of rotatable bonds is 3. The third-order valence-electron chi connectivity index (χ3n) is 1.49. The molecule has 0 spiro atoms. The van der Waals surface area contributed by atoms with E-state index in [9.17, 15) is 0 Å². The highest BCUT2D eigenvalue weighted by molar-refractivity contribution is 4.86. The van der Waals surface area contributed by atoms with E-state index >= 15 is 0 Å². The van der Waals surface area contributed by atoms with Gasteiger partial charge in [-0.3, -0.25) is 0 Å². The Morgan fingerprint density at radius 2 is 2.36 bits per heavy atom. The minimum Gasteiger partial charge on any atom is -0.352 e. The van der Waals surface area contributed by atoms with Crippen molar-refractivity contribution in [3.63, 3.8) is 0 Å². The molecule has 0 fully saturated rings. The summed E-state index contributed by atoms with van der Waals surface area (Å²) in [4.78, 5) is 0. The van der Waals surface area contributed by atoms with Crippen LogP contribution >= 0.6 is 0 Å². The van der Waals surface area contributed by atoms with Crippen molar-refractivity contribution in [1.29, 1.82) is 0 Å². The molecule has 0 aromatic heterocycles. The van der Waals surface area contributed by atoms with Crippen molar-refractivity contribution in [2.24, 2.45) is 5.92 Å².